The lowest BCUT2D eigenvalue weighted by atomic mass is 10.1. The van der Waals surface area contributed by atoms with Crippen LogP contribution in [0, 0.1) is 0 Å². The summed E-state index contributed by atoms with van der Waals surface area (Å²) in [4.78, 5) is 24.2. The Morgan fingerprint density at radius 1 is 0.771 bits per heavy atom. The fourth-order valence-corrected chi connectivity index (χ4v) is 3.70. The molecule has 0 bridgehead atoms. The van der Waals surface area contributed by atoms with Gasteiger partial charge in [0.2, 0.25) is 5.91 Å². The van der Waals surface area contributed by atoms with E-state index in [0.717, 1.165) is 18.4 Å². The van der Waals surface area contributed by atoms with Gasteiger partial charge in [-0.3, -0.25) is 4.79 Å². The number of amides is 1. The summed E-state index contributed by atoms with van der Waals surface area (Å²) in [5.41, 5.74) is 3.82. The molecule has 6 nitrogen and oxygen atoms in total. The second-order valence-corrected chi connectivity index (χ2v) is 8.77. The molecule has 0 aliphatic carbocycles. The molecule has 0 aliphatic rings. The number of carbonyl (C=O) groups is 2. The third kappa shape index (κ3) is 12.2. The quantitative estimate of drug-likeness (QED) is 0.0864. The van der Waals surface area contributed by atoms with Crippen molar-refractivity contribution in [3.05, 3.63) is 59.7 Å². The molecular weight excluding hydrogens is 440 g/mol. The van der Waals surface area contributed by atoms with Crippen LogP contribution in [0.5, 0.6) is 11.5 Å². The Bertz CT molecular complexity index is 892. The van der Waals surface area contributed by atoms with Crippen LogP contribution in [0.2, 0.25) is 0 Å². The average Bonchev–Trinajstić information content (AvgIpc) is 2.88. The third-order valence-electron chi connectivity index (χ3n) is 5.83. The number of carbonyl (C=O) groups excluding carboxylic acids is 2. The van der Waals surface area contributed by atoms with Crippen LogP contribution < -0.4 is 14.9 Å². The van der Waals surface area contributed by atoms with Crippen LogP contribution >= 0.6 is 0 Å². The molecule has 0 saturated carbocycles. The summed E-state index contributed by atoms with van der Waals surface area (Å²) in [5, 5.41) is 4.02. The lowest BCUT2D eigenvalue weighted by Crippen LogP contribution is -2.16. The minimum absolute atomic E-state index is 0.0674. The highest BCUT2D eigenvalue weighted by molar-refractivity contribution is 5.91. The summed E-state index contributed by atoms with van der Waals surface area (Å²) < 4.78 is 10.5. The summed E-state index contributed by atoms with van der Waals surface area (Å²) in [5.74, 6) is 0.602. The van der Waals surface area contributed by atoms with Crippen LogP contribution in [0.15, 0.2) is 53.6 Å². The van der Waals surface area contributed by atoms with E-state index in [0.29, 0.717) is 23.5 Å². The molecule has 0 heterocycles. The normalized spacial score (nSPS) is 10.9. The Kier molecular flexibility index (Phi) is 13.9. The second kappa shape index (κ2) is 17.3. The van der Waals surface area contributed by atoms with Crippen molar-refractivity contribution < 1.29 is 19.1 Å². The molecule has 0 unspecified atom stereocenters. The zero-order valence-electron chi connectivity index (χ0n) is 21.3. The molecule has 2 aromatic rings. The zero-order chi connectivity index (χ0) is 25.1. The molecule has 0 aliphatic heterocycles. The summed E-state index contributed by atoms with van der Waals surface area (Å²) in [7, 11) is 1.57. The number of esters is 1. The Labute approximate surface area is 210 Å². The van der Waals surface area contributed by atoms with Crippen LogP contribution in [-0.2, 0) is 4.79 Å². The van der Waals surface area contributed by atoms with Gasteiger partial charge in [0.15, 0.2) is 0 Å². The minimum Gasteiger partial charge on any atom is -0.497 e. The van der Waals surface area contributed by atoms with E-state index in [9.17, 15) is 9.59 Å². The van der Waals surface area contributed by atoms with Gasteiger partial charge < -0.3 is 9.47 Å². The van der Waals surface area contributed by atoms with E-state index in [1.54, 1.807) is 61.9 Å². The van der Waals surface area contributed by atoms with Gasteiger partial charge in [0.05, 0.1) is 18.9 Å². The highest BCUT2D eigenvalue weighted by Crippen LogP contribution is 2.16. The van der Waals surface area contributed by atoms with E-state index < -0.39 is 5.97 Å². The summed E-state index contributed by atoms with van der Waals surface area (Å²) in [6, 6.07) is 13.7. The highest BCUT2D eigenvalue weighted by atomic mass is 16.5. The monoisotopic (exact) mass is 480 g/mol. The number of unbranched alkanes of at least 4 members (excludes halogenated alkanes) is 10. The molecule has 2 aromatic carbocycles. The van der Waals surface area contributed by atoms with Gasteiger partial charge in [-0.1, -0.05) is 71.1 Å². The van der Waals surface area contributed by atoms with Crippen molar-refractivity contribution in [3.63, 3.8) is 0 Å². The van der Waals surface area contributed by atoms with Gasteiger partial charge in [-0.15, -0.1) is 0 Å². The maximum absolute atomic E-state index is 12.2. The topological polar surface area (TPSA) is 77.0 Å². The first kappa shape index (κ1) is 28.1. The van der Waals surface area contributed by atoms with Crippen molar-refractivity contribution in [2.75, 3.05) is 7.11 Å². The zero-order valence-corrected chi connectivity index (χ0v) is 21.3. The van der Waals surface area contributed by atoms with E-state index in [1.165, 1.54) is 57.8 Å². The van der Waals surface area contributed by atoms with Gasteiger partial charge in [-0.25, -0.2) is 10.2 Å². The maximum Gasteiger partial charge on any atom is 0.343 e. The second-order valence-electron chi connectivity index (χ2n) is 8.77. The highest BCUT2D eigenvalue weighted by Gasteiger charge is 2.08. The molecule has 35 heavy (non-hydrogen) atoms. The number of ether oxygens (including phenoxy) is 2. The molecule has 0 fully saturated rings. The van der Waals surface area contributed by atoms with Gasteiger partial charge in [0, 0.05) is 6.42 Å². The Balaban J connectivity index is 1.57. The Morgan fingerprint density at radius 2 is 1.31 bits per heavy atom. The van der Waals surface area contributed by atoms with Gasteiger partial charge in [-0.05, 0) is 60.5 Å². The van der Waals surface area contributed by atoms with Crippen molar-refractivity contribution in [1.29, 1.82) is 0 Å². The largest absolute Gasteiger partial charge is 0.497 e. The first-order chi connectivity index (χ1) is 17.1. The molecule has 0 aromatic heterocycles. The van der Waals surface area contributed by atoms with E-state index in [1.807, 2.05) is 0 Å². The number of nitrogens with one attached hydrogen (secondary N) is 1. The number of hydrogen-bond donors (Lipinski definition) is 1. The minimum atomic E-state index is -0.441. The van der Waals surface area contributed by atoms with Crippen molar-refractivity contribution in [1.82, 2.24) is 5.43 Å². The molecule has 6 heteroatoms. The molecular formula is C29H40N2O4. The van der Waals surface area contributed by atoms with Gasteiger partial charge in [-0.2, -0.15) is 5.10 Å². The van der Waals surface area contributed by atoms with Crippen LogP contribution in [0.4, 0.5) is 0 Å². The molecule has 0 radical (unpaired) electrons. The molecule has 0 atom stereocenters. The predicted octanol–water partition coefficient (Wildman–Crippen LogP) is 7.07. The van der Waals surface area contributed by atoms with Crippen molar-refractivity contribution in [2.24, 2.45) is 5.10 Å². The molecule has 0 saturated heterocycles. The smallest absolute Gasteiger partial charge is 0.343 e. The summed E-state index contributed by atoms with van der Waals surface area (Å²) in [6.07, 6.45) is 15.9. The van der Waals surface area contributed by atoms with Gasteiger partial charge >= 0.3 is 5.97 Å². The van der Waals surface area contributed by atoms with Crippen molar-refractivity contribution in [3.8, 4) is 11.5 Å². The number of hydrazone groups is 1. The molecule has 0 spiro atoms. The SMILES string of the molecule is CCCCCCCCCCCCCC(=O)N/N=C/c1ccc(OC(=O)c2ccc(OC)cc2)cc1. The Morgan fingerprint density at radius 3 is 1.89 bits per heavy atom. The first-order valence-electron chi connectivity index (χ1n) is 12.9. The Hall–Kier alpha value is -3.15. The third-order valence-corrected chi connectivity index (χ3v) is 5.83. The predicted molar refractivity (Wildman–Crippen MR) is 141 cm³/mol. The molecule has 1 N–H and O–H groups in total. The van der Waals surface area contributed by atoms with Crippen LogP contribution in [0.1, 0.15) is 99.9 Å². The number of benzene rings is 2. The van der Waals surface area contributed by atoms with E-state index in [-0.39, 0.29) is 5.91 Å². The number of hydrogen-bond acceptors (Lipinski definition) is 5. The van der Waals surface area contributed by atoms with Crippen LogP contribution in [0.3, 0.4) is 0 Å². The van der Waals surface area contributed by atoms with Gasteiger partial charge in [0.1, 0.15) is 11.5 Å². The standard InChI is InChI=1S/C29H40N2O4/c1-3-4-5-6-7-8-9-10-11-12-13-14-28(32)31-30-23-24-15-19-27(20-16-24)35-29(33)25-17-21-26(34-2)22-18-25/h15-23H,3-14H2,1-2H3,(H,31,32)/b30-23+. The maximum atomic E-state index is 12.2. The van der Waals surface area contributed by atoms with Crippen molar-refractivity contribution in [2.45, 2.75) is 84.0 Å². The van der Waals surface area contributed by atoms with E-state index in [2.05, 4.69) is 17.5 Å². The molecule has 190 valence electrons. The van der Waals surface area contributed by atoms with E-state index in [4.69, 9.17) is 9.47 Å². The van der Waals surface area contributed by atoms with Crippen LogP contribution in [0.25, 0.3) is 0 Å². The molecule has 1 amide bonds. The number of nitrogens with zero attached hydrogens (tertiary/aromatic N) is 1. The fourth-order valence-electron chi connectivity index (χ4n) is 3.70. The fraction of sp³-hybridized carbons (Fsp3) is 0.483. The summed E-state index contributed by atoms with van der Waals surface area (Å²) >= 11 is 0. The summed E-state index contributed by atoms with van der Waals surface area (Å²) in [6.45, 7) is 2.25. The average molecular weight is 481 g/mol. The number of methoxy groups -OCH3 is 1. The lowest BCUT2D eigenvalue weighted by Gasteiger charge is -2.05. The first-order valence-corrected chi connectivity index (χ1v) is 12.9. The number of rotatable bonds is 17. The lowest BCUT2D eigenvalue weighted by molar-refractivity contribution is -0.121. The van der Waals surface area contributed by atoms with Crippen LogP contribution in [-0.4, -0.2) is 25.2 Å². The van der Waals surface area contributed by atoms with Crippen molar-refractivity contribution >= 4 is 18.1 Å². The van der Waals surface area contributed by atoms with Gasteiger partial charge in [0.25, 0.3) is 0 Å². The van der Waals surface area contributed by atoms with E-state index >= 15 is 0 Å². The molecule has 2 rings (SSSR count).